The normalized spacial score (nSPS) is 15.2. The van der Waals surface area contributed by atoms with Crippen molar-refractivity contribution >= 4 is 11.8 Å². The van der Waals surface area contributed by atoms with Crippen LogP contribution in [0, 0.1) is 0 Å². The number of benzene rings is 1. The molecule has 1 saturated carbocycles. The molecule has 3 N–H and O–H groups in total. The Bertz CT molecular complexity index is 695. The number of unbranched alkanes of at least 4 members (excludes halogenated alkanes) is 1. The first-order chi connectivity index (χ1) is 13.3. The lowest BCUT2D eigenvalue weighted by Gasteiger charge is -2.16. The van der Waals surface area contributed by atoms with Gasteiger partial charge in [-0.3, -0.25) is 4.99 Å². The van der Waals surface area contributed by atoms with Gasteiger partial charge >= 0.3 is 0 Å². The molecule has 144 valence electrons. The number of hydrogen-bond acceptors (Lipinski definition) is 3. The minimum Gasteiger partial charge on any atom is -0.370 e. The van der Waals surface area contributed by atoms with Crippen molar-refractivity contribution in [2.75, 3.05) is 31.5 Å². The van der Waals surface area contributed by atoms with Crippen LogP contribution in [0.25, 0.3) is 0 Å². The SMILES string of the molecule is CCNC(=NCC1(c2ccccc2)CC1)NCCCCNc1ccccn1. The van der Waals surface area contributed by atoms with Crippen LogP contribution in [0.15, 0.2) is 59.7 Å². The number of rotatable bonds is 10. The highest BCUT2D eigenvalue weighted by molar-refractivity contribution is 5.79. The number of nitrogens with zero attached hydrogens (tertiary/aromatic N) is 2. The second-order valence-electron chi connectivity index (χ2n) is 7.12. The van der Waals surface area contributed by atoms with Crippen molar-refractivity contribution in [1.29, 1.82) is 0 Å². The topological polar surface area (TPSA) is 61.3 Å². The summed E-state index contributed by atoms with van der Waals surface area (Å²) in [4.78, 5) is 9.13. The molecule has 0 radical (unpaired) electrons. The summed E-state index contributed by atoms with van der Waals surface area (Å²) in [6.07, 6.45) is 6.47. The van der Waals surface area contributed by atoms with Crippen molar-refractivity contribution in [3.05, 3.63) is 60.3 Å². The Morgan fingerprint density at radius 3 is 2.48 bits per heavy atom. The fourth-order valence-corrected chi connectivity index (χ4v) is 3.19. The van der Waals surface area contributed by atoms with Gasteiger partial charge in [0.05, 0.1) is 6.54 Å². The molecule has 1 aliphatic carbocycles. The highest BCUT2D eigenvalue weighted by atomic mass is 15.2. The van der Waals surface area contributed by atoms with E-state index in [-0.39, 0.29) is 5.41 Å². The van der Waals surface area contributed by atoms with Crippen LogP contribution in [-0.2, 0) is 5.41 Å². The van der Waals surface area contributed by atoms with Gasteiger partial charge in [-0.15, -0.1) is 0 Å². The number of anilines is 1. The molecule has 3 rings (SSSR count). The quantitative estimate of drug-likeness (QED) is 0.342. The van der Waals surface area contributed by atoms with E-state index in [0.717, 1.165) is 50.8 Å². The van der Waals surface area contributed by atoms with E-state index >= 15 is 0 Å². The number of hydrogen-bond donors (Lipinski definition) is 3. The van der Waals surface area contributed by atoms with Gasteiger partial charge in [0.2, 0.25) is 0 Å². The molecule has 1 aromatic heterocycles. The first-order valence-electron chi connectivity index (χ1n) is 10.0. The molecule has 1 heterocycles. The van der Waals surface area contributed by atoms with Gasteiger partial charge in [-0.05, 0) is 50.3 Å². The van der Waals surface area contributed by atoms with Crippen LogP contribution in [0.3, 0.4) is 0 Å². The Balaban J connectivity index is 1.39. The lowest BCUT2D eigenvalue weighted by molar-refractivity contribution is 0.680. The third-order valence-electron chi connectivity index (χ3n) is 4.99. The van der Waals surface area contributed by atoms with Crippen LogP contribution in [0.2, 0.25) is 0 Å². The van der Waals surface area contributed by atoms with E-state index in [9.17, 15) is 0 Å². The van der Waals surface area contributed by atoms with Crippen LogP contribution in [0.1, 0.15) is 38.2 Å². The average molecular weight is 366 g/mol. The molecular formula is C22H31N5. The Labute approximate surface area is 162 Å². The number of pyridine rings is 1. The Kier molecular flexibility index (Phi) is 7.08. The van der Waals surface area contributed by atoms with Crippen molar-refractivity contribution in [3.63, 3.8) is 0 Å². The van der Waals surface area contributed by atoms with Crippen LogP contribution in [0.4, 0.5) is 5.82 Å². The summed E-state index contributed by atoms with van der Waals surface area (Å²) < 4.78 is 0. The van der Waals surface area contributed by atoms with Gasteiger partial charge in [-0.1, -0.05) is 36.4 Å². The van der Waals surface area contributed by atoms with Gasteiger partial charge in [0.15, 0.2) is 5.96 Å². The van der Waals surface area contributed by atoms with Gasteiger partial charge in [-0.25, -0.2) is 4.98 Å². The number of aromatic nitrogens is 1. The first kappa shape index (κ1) is 19.2. The van der Waals surface area contributed by atoms with Gasteiger partial charge in [0, 0.05) is 31.2 Å². The van der Waals surface area contributed by atoms with E-state index in [4.69, 9.17) is 4.99 Å². The lowest BCUT2D eigenvalue weighted by Crippen LogP contribution is -2.38. The van der Waals surface area contributed by atoms with E-state index in [1.54, 1.807) is 0 Å². The minimum absolute atomic E-state index is 0.260. The average Bonchev–Trinajstić information content (AvgIpc) is 3.51. The minimum atomic E-state index is 0.260. The smallest absolute Gasteiger partial charge is 0.191 e. The lowest BCUT2D eigenvalue weighted by atomic mass is 9.96. The number of guanidine groups is 1. The molecule has 5 heteroatoms. The molecule has 0 saturated heterocycles. The molecule has 1 fully saturated rings. The summed E-state index contributed by atoms with van der Waals surface area (Å²) in [5.41, 5.74) is 1.68. The second kappa shape index (κ2) is 9.95. The van der Waals surface area contributed by atoms with E-state index in [1.807, 2.05) is 24.4 Å². The Morgan fingerprint density at radius 1 is 1.00 bits per heavy atom. The molecule has 0 amide bonds. The maximum absolute atomic E-state index is 4.86. The molecule has 0 bridgehead atoms. The summed E-state index contributed by atoms with van der Waals surface area (Å²) in [6, 6.07) is 16.7. The molecule has 1 aromatic carbocycles. The Morgan fingerprint density at radius 2 is 1.78 bits per heavy atom. The number of nitrogens with one attached hydrogen (secondary N) is 3. The fourth-order valence-electron chi connectivity index (χ4n) is 3.19. The summed E-state index contributed by atoms with van der Waals surface area (Å²) >= 11 is 0. The summed E-state index contributed by atoms with van der Waals surface area (Å²) in [5, 5.41) is 10.2. The zero-order valence-corrected chi connectivity index (χ0v) is 16.2. The first-order valence-corrected chi connectivity index (χ1v) is 10.0. The molecule has 5 nitrogen and oxygen atoms in total. The maximum Gasteiger partial charge on any atom is 0.191 e. The third kappa shape index (κ3) is 5.98. The van der Waals surface area contributed by atoms with Gasteiger partial charge in [0.1, 0.15) is 5.82 Å². The highest BCUT2D eigenvalue weighted by Crippen LogP contribution is 2.48. The molecule has 0 unspecified atom stereocenters. The largest absolute Gasteiger partial charge is 0.370 e. The third-order valence-corrected chi connectivity index (χ3v) is 4.99. The van der Waals surface area contributed by atoms with Crippen LogP contribution in [-0.4, -0.2) is 37.1 Å². The van der Waals surface area contributed by atoms with Crippen molar-refractivity contribution in [3.8, 4) is 0 Å². The summed E-state index contributed by atoms with van der Waals surface area (Å²) in [5.74, 6) is 1.87. The van der Waals surface area contributed by atoms with Crippen molar-refractivity contribution in [2.45, 2.75) is 38.0 Å². The fraction of sp³-hybridized carbons (Fsp3) is 0.455. The maximum atomic E-state index is 4.86. The van der Waals surface area contributed by atoms with Crippen molar-refractivity contribution in [2.24, 2.45) is 4.99 Å². The van der Waals surface area contributed by atoms with Crippen LogP contribution >= 0.6 is 0 Å². The monoisotopic (exact) mass is 365 g/mol. The van der Waals surface area contributed by atoms with Crippen molar-refractivity contribution in [1.82, 2.24) is 15.6 Å². The highest BCUT2D eigenvalue weighted by Gasteiger charge is 2.43. The van der Waals surface area contributed by atoms with Crippen molar-refractivity contribution < 1.29 is 0 Å². The van der Waals surface area contributed by atoms with E-state index in [2.05, 4.69) is 58.2 Å². The van der Waals surface area contributed by atoms with Gasteiger partial charge in [-0.2, -0.15) is 0 Å². The van der Waals surface area contributed by atoms with Gasteiger partial charge in [0.25, 0.3) is 0 Å². The van der Waals surface area contributed by atoms with Gasteiger partial charge < -0.3 is 16.0 Å². The molecule has 0 aliphatic heterocycles. The molecule has 1 aliphatic rings. The van der Waals surface area contributed by atoms with Crippen LogP contribution < -0.4 is 16.0 Å². The predicted octanol–water partition coefficient (Wildman–Crippen LogP) is 3.56. The predicted molar refractivity (Wildman–Crippen MR) is 113 cm³/mol. The zero-order valence-electron chi connectivity index (χ0n) is 16.2. The van der Waals surface area contributed by atoms with E-state index in [1.165, 1.54) is 18.4 Å². The standard InChI is InChI=1S/C22H31N5/c1-2-23-21(26-17-9-8-16-25-20-12-6-7-15-24-20)27-18-22(13-14-22)19-10-4-3-5-11-19/h3-7,10-12,15H,2,8-9,13-14,16-18H2,1H3,(H,24,25)(H2,23,26,27). The summed E-state index contributed by atoms with van der Waals surface area (Å²) in [7, 11) is 0. The molecular weight excluding hydrogens is 334 g/mol. The summed E-state index contributed by atoms with van der Waals surface area (Å²) in [6.45, 7) is 5.70. The molecule has 27 heavy (non-hydrogen) atoms. The molecule has 0 spiro atoms. The zero-order chi connectivity index (χ0) is 18.8. The Hall–Kier alpha value is -2.56. The molecule has 2 aromatic rings. The second-order valence-corrected chi connectivity index (χ2v) is 7.12. The van der Waals surface area contributed by atoms with E-state index in [0.29, 0.717) is 0 Å². The number of aliphatic imine (C=N–C) groups is 1. The van der Waals surface area contributed by atoms with E-state index < -0.39 is 0 Å². The molecule has 0 atom stereocenters. The van der Waals surface area contributed by atoms with Crippen LogP contribution in [0.5, 0.6) is 0 Å².